The van der Waals surface area contributed by atoms with E-state index in [-0.39, 0.29) is 19.1 Å². The van der Waals surface area contributed by atoms with Crippen LogP contribution < -0.4 is 14.2 Å². The quantitative estimate of drug-likeness (QED) is 0.522. The van der Waals surface area contributed by atoms with Gasteiger partial charge in [0.2, 0.25) is 5.82 Å². The van der Waals surface area contributed by atoms with E-state index in [0.29, 0.717) is 28.6 Å². The average molecular weight is 410 g/mol. The first kappa shape index (κ1) is 19.8. The van der Waals surface area contributed by atoms with Crippen LogP contribution in [0.4, 0.5) is 0 Å². The van der Waals surface area contributed by atoms with Gasteiger partial charge in [-0.1, -0.05) is 11.2 Å². The second kappa shape index (κ2) is 8.86. The lowest BCUT2D eigenvalue weighted by molar-refractivity contribution is -0.148. The number of nitrogens with zero attached hydrogens (tertiary/aromatic N) is 2. The Kier molecular flexibility index (Phi) is 5.83. The number of esters is 1. The SMILES string of the molecule is COc1ccc(-c2noc(COC(=O)COc3ccc4c(c3)CCC4)n2)cc1OC. The largest absolute Gasteiger partial charge is 0.493 e. The number of hydrogen-bond acceptors (Lipinski definition) is 8. The van der Waals surface area contributed by atoms with Crippen molar-refractivity contribution in [3.05, 3.63) is 53.4 Å². The fraction of sp³-hybridized carbons (Fsp3) is 0.318. The van der Waals surface area contributed by atoms with Gasteiger partial charge >= 0.3 is 5.97 Å². The summed E-state index contributed by atoms with van der Waals surface area (Å²) in [6.45, 7) is -0.317. The molecule has 0 amide bonds. The van der Waals surface area contributed by atoms with Crippen LogP contribution in [-0.2, 0) is 29.0 Å². The van der Waals surface area contributed by atoms with Crippen molar-refractivity contribution in [1.82, 2.24) is 10.1 Å². The van der Waals surface area contributed by atoms with Gasteiger partial charge in [-0.25, -0.2) is 4.79 Å². The number of methoxy groups -OCH3 is 2. The molecule has 8 nitrogen and oxygen atoms in total. The van der Waals surface area contributed by atoms with E-state index in [9.17, 15) is 4.79 Å². The number of aryl methyl sites for hydroxylation is 2. The minimum absolute atomic E-state index is 0.132. The zero-order chi connectivity index (χ0) is 20.9. The highest BCUT2D eigenvalue weighted by molar-refractivity contribution is 5.71. The predicted octanol–water partition coefficient (Wildman–Crippen LogP) is 3.36. The maximum absolute atomic E-state index is 12.0. The summed E-state index contributed by atoms with van der Waals surface area (Å²) in [6, 6.07) is 11.2. The van der Waals surface area contributed by atoms with E-state index >= 15 is 0 Å². The van der Waals surface area contributed by atoms with Crippen molar-refractivity contribution < 1.29 is 28.3 Å². The van der Waals surface area contributed by atoms with Crippen molar-refractivity contribution in [3.63, 3.8) is 0 Å². The topological polar surface area (TPSA) is 92.9 Å². The first-order chi connectivity index (χ1) is 14.7. The van der Waals surface area contributed by atoms with E-state index in [0.717, 1.165) is 19.3 Å². The van der Waals surface area contributed by atoms with Gasteiger partial charge in [0, 0.05) is 5.56 Å². The first-order valence-electron chi connectivity index (χ1n) is 9.61. The van der Waals surface area contributed by atoms with Crippen molar-refractivity contribution >= 4 is 5.97 Å². The highest BCUT2D eigenvalue weighted by Crippen LogP contribution is 2.31. The van der Waals surface area contributed by atoms with E-state index in [1.807, 2.05) is 12.1 Å². The second-order valence-electron chi connectivity index (χ2n) is 6.81. The number of hydrogen-bond donors (Lipinski definition) is 0. The van der Waals surface area contributed by atoms with Gasteiger partial charge in [-0.2, -0.15) is 4.98 Å². The zero-order valence-corrected chi connectivity index (χ0v) is 16.8. The summed E-state index contributed by atoms with van der Waals surface area (Å²) in [5, 5.41) is 3.92. The van der Waals surface area contributed by atoms with E-state index in [1.165, 1.54) is 11.1 Å². The molecule has 3 aromatic rings. The smallest absolute Gasteiger partial charge is 0.344 e. The Morgan fingerprint density at radius 2 is 1.87 bits per heavy atom. The fourth-order valence-electron chi connectivity index (χ4n) is 3.37. The first-order valence-corrected chi connectivity index (χ1v) is 9.61. The Hall–Kier alpha value is -3.55. The van der Waals surface area contributed by atoms with E-state index in [1.54, 1.807) is 32.4 Å². The van der Waals surface area contributed by atoms with Crippen LogP contribution >= 0.6 is 0 Å². The molecule has 4 rings (SSSR count). The van der Waals surface area contributed by atoms with Crippen molar-refractivity contribution in [2.24, 2.45) is 0 Å². The lowest BCUT2D eigenvalue weighted by Gasteiger charge is -2.07. The van der Waals surface area contributed by atoms with Crippen LogP contribution in [0.1, 0.15) is 23.4 Å². The number of fused-ring (bicyclic) bond motifs is 1. The highest BCUT2D eigenvalue weighted by Gasteiger charge is 2.15. The fourth-order valence-corrected chi connectivity index (χ4v) is 3.37. The molecule has 1 heterocycles. The Balaban J connectivity index is 1.30. The molecular formula is C22H22N2O6. The van der Waals surface area contributed by atoms with E-state index in [2.05, 4.69) is 16.2 Å². The van der Waals surface area contributed by atoms with Crippen molar-refractivity contribution in [2.75, 3.05) is 20.8 Å². The summed E-state index contributed by atoms with van der Waals surface area (Å²) in [7, 11) is 3.11. The van der Waals surface area contributed by atoms with Crippen molar-refractivity contribution in [1.29, 1.82) is 0 Å². The van der Waals surface area contributed by atoms with Gasteiger partial charge in [0.25, 0.3) is 5.89 Å². The number of carbonyl (C=O) groups excluding carboxylic acids is 1. The van der Waals surface area contributed by atoms with Gasteiger partial charge in [0.05, 0.1) is 14.2 Å². The summed E-state index contributed by atoms with van der Waals surface area (Å²) in [5.74, 6) is 1.85. The molecule has 0 atom stereocenters. The molecule has 1 aliphatic rings. The van der Waals surface area contributed by atoms with E-state index in [4.69, 9.17) is 23.5 Å². The molecule has 0 bridgehead atoms. The lowest BCUT2D eigenvalue weighted by atomic mass is 10.1. The Bertz CT molecular complexity index is 1050. The van der Waals surface area contributed by atoms with Gasteiger partial charge in [0.15, 0.2) is 24.7 Å². The number of carbonyl (C=O) groups is 1. The van der Waals surface area contributed by atoms with Gasteiger partial charge in [-0.3, -0.25) is 0 Å². The Morgan fingerprint density at radius 3 is 2.70 bits per heavy atom. The van der Waals surface area contributed by atoms with E-state index < -0.39 is 5.97 Å². The van der Waals surface area contributed by atoms with Gasteiger partial charge in [-0.15, -0.1) is 0 Å². The second-order valence-corrected chi connectivity index (χ2v) is 6.81. The van der Waals surface area contributed by atoms with Crippen LogP contribution in [0.15, 0.2) is 40.9 Å². The maximum Gasteiger partial charge on any atom is 0.344 e. The molecule has 0 saturated carbocycles. The minimum Gasteiger partial charge on any atom is -0.493 e. The van der Waals surface area contributed by atoms with Gasteiger partial charge in [0.1, 0.15) is 5.75 Å². The number of ether oxygens (including phenoxy) is 4. The Morgan fingerprint density at radius 1 is 1.03 bits per heavy atom. The van der Waals surface area contributed by atoms with Crippen LogP contribution in [0, 0.1) is 0 Å². The Labute approximate surface area is 173 Å². The average Bonchev–Trinajstić information content (AvgIpc) is 3.44. The third-order valence-electron chi connectivity index (χ3n) is 4.89. The standard InChI is InChI=1S/C22H22N2O6/c1-26-18-9-7-16(11-19(18)27-2)22-23-20(30-24-22)12-29-21(25)13-28-17-8-6-14-4-3-5-15(14)10-17/h6-11H,3-5,12-13H2,1-2H3. The molecule has 0 aliphatic heterocycles. The molecule has 1 aromatic heterocycles. The molecule has 0 radical (unpaired) electrons. The normalized spacial score (nSPS) is 12.3. The van der Waals surface area contributed by atoms with Gasteiger partial charge in [-0.05, 0) is 60.7 Å². The van der Waals surface area contributed by atoms with Crippen molar-refractivity contribution in [3.8, 4) is 28.6 Å². The molecule has 0 unspecified atom stereocenters. The number of rotatable bonds is 8. The number of aromatic nitrogens is 2. The molecular weight excluding hydrogens is 388 g/mol. The predicted molar refractivity (Wildman–Crippen MR) is 107 cm³/mol. The molecule has 1 aliphatic carbocycles. The molecule has 156 valence electrons. The molecule has 0 spiro atoms. The van der Waals surface area contributed by atoms with Crippen LogP contribution in [0.5, 0.6) is 17.2 Å². The third kappa shape index (κ3) is 4.37. The monoisotopic (exact) mass is 410 g/mol. The summed E-state index contributed by atoms with van der Waals surface area (Å²) < 4.78 is 26.4. The molecule has 2 aromatic carbocycles. The van der Waals surface area contributed by atoms with Crippen LogP contribution in [0.25, 0.3) is 11.4 Å². The molecule has 8 heteroatoms. The summed E-state index contributed by atoms with van der Waals surface area (Å²) in [4.78, 5) is 16.2. The zero-order valence-electron chi connectivity index (χ0n) is 16.8. The molecule has 0 fully saturated rings. The molecule has 0 saturated heterocycles. The highest BCUT2D eigenvalue weighted by atomic mass is 16.6. The minimum atomic E-state index is -0.513. The maximum atomic E-state index is 12.0. The summed E-state index contributed by atoms with van der Waals surface area (Å²) in [6.07, 6.45) is 3.32. The molecule has 30 heavy (non-hydrogen) atoms. The third-order valence-corrected chi connectivity index (χ3v) is 4.89. The van der Waals surface area contributed by atoms with Crippen LogP contribution in [-0.4, -0.2) is 36.9 Å². The van der Waals surface area contributed by atoms with Crippen LogP contribution in [0.3, 0.4) is 0 Å². The number of benzene rings is 2. The van der Waals surface area contributed by atoms with Gasteiger partial charge < -0.3 is 23.5 Å². The molecule has 0 N–H and O–H groups in total. The summed E-state index contributed by atoms with van der Waals surface area (Å²) >= 11 is 0. The lowest BCUT2D eigenvalue weighted by Crippen LogP contribution is -2.15. The van der Waals surface area contributed by atoms with Crippen LogP contribution in [0.2, 0.25) is 0 Å². The van der Waals surface area contributed by atoms with Crippen molar-refractivity contribution in [2.45, 2.75) is 25.9 Å². The summed E-state index contributed by atoms with van der Waals surface area (Å²) in [5.41, 5.74) is 3.33.